The Bertz CT molecular complexity index is 945. The Morgan fingerprint density at radius 2 is 1.96 bits per heavy atom. The molecule has 1 amide bonds. The lowest BCUT2D eigenvalue weighted by Crippen LogP contribution is -2.34. The van der Waals surface area contributed by atoms with Crippen molar-refractivity contribution >= 4 is 17.2 Å². The van der Waals surface area contributed by atoms with Gasteiger partial charge in [0, 0.05) is 18.0 Å². The summed E-state index contributed by atoms with van der Waals surface area (Å²) in [7, 11) is 1.93. The topological polar surface area (TPSA) is 33.2 Å². The maximum absolute atomic E-state index is 12.9. The van der Waals surface area contributed by atoms with Gasteiger partial charge in [-0.1, -0.05) is 54.1 Å². The van der Waals surface area contributed by atoms with Crippen molar-refractivity contribution in [1.82, 2.24) is 9.88 Å². The fourth-order valence-electron chi connectivity index (χ4n) is 3.80. The molecule has 0 radical (unpaired) electrons. The number of likely N-dealkylation sites (N-methyl/N-ethyl adjacent to an activating group) is 1. The van der Waals surface area contributed by atoms with Gasteiger partial charge in [-0.25, -0.2) is 4.98 Å². The Morgan fingerprint density at radius 1 is 1.19 bits per heavy atom. The maximum Gasteiger partial charge on any atom is 0.228 e. The van der Waals surface area contributed by atoms with Crippen molar-refractivity contribution in [2.75, 3.05) is 7.05 Å². The van der Waals surface area contributed by atoms with E-state index in [1.807, 2.05) is 17.3 Å². The van der Waals surface area contributed by atoms with Crippen molar-refractivity contribution in [1.29, 1.82) is 0 Å². The van der Waals surface area contributed by atoms with Gasteiger partial charge in [0.1, 0.15) is 5.01 Å². The third kappa shape index (κ3) is 3.81. The number of fused-ring (bicyclic) bond motifs is 1. The van der Waals surface area contributed by atoms with Gasteiger partial charge in [0.2, 0.25) is 5.91 Å². The normalized spacial score (nSPS) is 16.0. The van der Waals surface area contributed by atoms with Crippen LogP contribution in [0.1, 0.15) is 41.3 Å². The van der Waals surface area contributed by atoms with Crippen molar-refractivity contribution < 1.29 is 4.79 Å². The van der Waals surface area contributed by atoms with Gasteiger partial charge in [-0.05, 0) is 37.3 Å². The highest BCUT2D eigenvalue weighted by atomic mass is 32.1. The van der Waals surface area contributed by atoms with Crippen molar-refractivity contribution in [3.05, 3.63) is 76.3 Å². The number of aryl methyl sites for hydroxylation is 2. The molecule has 0 fully saturated rings. The molecule has 0 saturated carbocycles. The van der Waals surface area contributed by atoms with Crippen LogP contribution in [-0.4, -0.2) is 22.8 Å². The summed E-state index contributed by atoms with van der Waals surface area (Å²) in [6.45, 7) is 2.08. The number of aromatic nitrogens is 1. The van der Waals surface area contributed by atoms with E-state index in [2.05, 4.69) is 55.5 Å². The standard InChI is InChI=1S/C23H24N2OS/c1-16-10-12-18(13-11-16)23-24-19(15-27-23)14-22(26)25(2)21-9-5-7-17-6-3-4-8-20(17)21/h3-4,6,8,10-13,15,21H,5,7,9,14H2,1-2H3. The van der Waals surface area contributed by atoms with Gasteiger partial charge in [0.15, 0.2) is 0 Å². The summed E-state index contributed by atoms with van der Waals surface area (Å²) in [6, 6.07) is 17.1. The third-order valence-corrected chi connectivity index (χ3v) is 6.32. The molecule has 2 aromatic carbocycles. The first-order valence-corrected chi connectivity index (χ1v) is 10.3. The van der Waals surface area contributed by atoms with Crippen LogP contribution >= 0.6 is 11.3 Å². The molecular weight excluding hydrogens is 352 g/mol. The number of rotatable bonds is 4. The van der Waals surface area contributed by atoms with Crippen LogP contribution in [0.3, 0.4) is 0 Å². The highest BCUT2D eigenvalue weighted by Gasteiger charge is 2.26. The summed E-state index contributed by atoms with van der Waals surface area (Å²) in [6.07, 6.45) is 3.64. The van der Waals surface area contributed by atoms with E-state index in [0.29, 0.717) is 6.42 Å². The predicted molar refractivity (Wildman–Crippen MR) is 111 cm³/mol. The van der Waals surface area contributed by atoms with Crippen molar-refractivity contribution in [2.24, 2.45) is 0 Å². The van der Waals surface area contributed by atoms with Gasteiger partial charge in [-0.15, -0.1) is 11.3 Å². The molecule has 4 heteroatoms. The molecule has 1 aliphatic carbocycles. The minimum Gasteiger partial charge on any atom is -0.338 e. The number of hydrogen-bond acceptors (Lipinski definition) is 3. The minimum absolute atomic E-state index is 0.137. The fourth-order valence-corrected chi connectivity index (χ4v) is 4.63. The molecule has 0 bridgehead atoms. The van der Waals surface area contributed by atoms with Gasteiger partial charge in [-0.2, -0.15) is 0 Å². The van der Waals surface area contributed by atoms with E-state index in [1.54, 1.807) is 11.3 Å². The molecule has 1 aliphatic rings. The van der Waals surface area contributed by atoms with E-state index in [0.717, 1.165) is 35.5 Å². The number of carbonyl (C=O) groups excluding carboxylic acids is 1. The van der Waals surface area contributed by atoms with Crippen LogP contribution < -0.4 is 0 Å². The SMILES string of the molecule is Cc1ccc(-c2nc(CC(=O)N(C)C3CCCc4ccccc43)cs2)cc1. The average molecular weight is 377 g/mol. The lowest BCUT2D eigenvalue weighted by molar-refractivity contribution is -0.131. The monoisotopic (exact) mass is 376 g/mol. The van der Waals surface area contributed by atoms with E-state index in [4.69, 9.17) is 4.98 Å². The van der Waals surface area contributed by atoms with Gasteiger partial charge >= 0.3 is 0 Å². The molecule has 27 heavy (non-hydrogen) atoms. The summed E-state index contributed by atoms with van der Waals surface area (Å²) < 4.78 is 0. The molecule has 0 aliphatic heterocycles. The largest absolute Gasteiger partial charge is 0.338 e. The Hall–Kier alpha value is -2.46. The number of hydrogen-bond donors (Lipinski definition) is 0. The molecule has 1 unspecified atom stereocenters. The maximum atomic E-state index is 12.9. The van der Waals surface area contributed by atoms with Crippen LogP contribution in [0.15, 0.2) is 53.9 Å². The molecular formula is C23H24N2OS. The molecule has 1 heterocycles. The Kier molecular flexibility index (Phi) is 5.08. The second kappa shape index (κ2) is 7.65. The zero-order chi connectivity index (χ0) is 18.8. The molecule has 1 atom stereocenters. The second-order valence-corrected chi connectivity index (χ2v) is 8.16. The average Bonchev–Trinajstić information content (AvgIpc) is 3.16. The fraction of sp³-hybridized carbons (Fsp3) is 0.304. The van der Waals surface area contributed by atoms with E-state index in [-0.39, 0.29) is 11.9 Å². The summed E-state index contributed by atoms with van der Waals surface area (Å²) in [4.78, 5) is 19.5. The first-order valence-electron chi connectivity index (χ1n) is 9.47. The van der Waals surface area contributed by atoms with Crippen LogP contribution in [-0.2, 0) is 17.6 Å². The highest BCUT2D eigenvalue weighted by molar-refractivity contribution is 7.13. The van der Waals surface area contributed by atoms with Gasteiger partial charge in [-0.3, -0.25) is 4.79 Å². The number of nitrogens with zero attached hydrogens (tertiary/aromatic N) is 2. The van der Waals surface area contributed by atoms with Crippen LogP contribution in [0, 0.1) is 6.92 Å². The predicted octanol–water partition coefficient (Wildman–Crippen LogP) is 5.20. The smallest absolute Gasteiger partial charge is 0.228 e. The number of thiazole rings is 1. The van der Waals surface area contributed by atoms with Gasteiger partial charge < -0.3 is 4.90 Å². The molecule has 1 aromatic heterocycles. The molecule has 4 rings (SSSR count). The summed E-state index contributed by atoms with van der Waals surface area (Å²) in [5, 5.41) is 2.99. The first kappa shape index (κ1) is 17.9. The third-order valence-electron chi connectivity index (χ3n) is 5.38. The van der Waals surface area contributed by atoms with E-state index in [1.165, 1.54) is 16.7 Å². The number of amides is 1. The van der Waals surface area contributed by atoms with Crippen molar-refractivity contribution in [3.8, 4) is 10.6 Å². The zero-order valence-corrected chi connectivity index (χ0v) is 16.6. The molecule has 0 saturated heterocycles. The lowest BCUT2D eigenvalue weighted by Gasteiger charge is -2.33. The van der Waals surface area contributed by atoms with E-state index in [9.17, 15) is 4.79 Å². The lowest BCUT2D eigenvalue weighted by atomic mass is 9.87. The summed E-state index contributed by atoms with van der Waals surface area (Å²) >= 11 is 1.60. The zero-order valence-electron chi connectivity index (χ0n) is 15.8. The highest BCUT2D eigenvalue weighted by Crippen LogP contribution is 2.34. The van der Waals surface area contributed by atoms with Crippen molar-refractivity contribution in [2.45, 2.75) is 38.6 Å². The Balaban J connectivity index is 1.47. The first-order chi connectivity index (χ1) is 13.1. The minimum atomic E-state index is 0.137. The number of benzene rings is 2. The van der Waals surface area contributed by atoms with E-state index >= 15 is 0 Å². The molecule has 0 N–H and O–H groups in total. The van der Waals surface area contributed by atoms with Crippen LogP contribution in [0.4, 0.5) is 0 Å². The molecule has 138 valence electrons. The Labute approximate surface area is 164 Å². The quantitative estimate of drug-likeness (QED) is 0.627. The number of carbonyl (C=O) groups is 1. The van der Waals surface area contributed by atoms with Gasteiger partial charge in [0.05, 0.1) is 18.2 Å². The van der Waals surface area contributed by atoms with Crippen molar-refractivity contribution in [3.63, 3.8) is 0 Å². The Morgan fingerprint density at radius 3 is 2.78 bits per heavy atom. The molecule has 3 aromatic rings. The van der Waals surface area contributed by atoms with Crippen LogP contribution in [0.5, 0.6) is 0 Å². The summed E-state index contributed by atoms with van der Waals surface area (Å²) in [5.41, 5.74) is 5.89. The second-order valence-electron chi connectivity index (χ2n) is 7.30. The summed E-state index contributed by atoms with van der Waals surface area (Å²) in [5.74, 6) is 0.137. The van der Waals surface area contributed by atoms with Crippen LogP contribution in [0.25, 0.3) is 10.6 Å². The molecule has 3 nitrogen and oxygen atoms in total. The van der Waals surface area contributed by atoms with Crippen LogP contribution in [0.2, 0.25) is 0 Å². The molecule has 0 spiro atoms. The van der Waals surface area contributed by atoms with Gasteiger partial charge in [0.25, 0.3) is 0 Å². The van der Waals surface area contributed by atoms with E-state index < -0.39 is 0 Å².